The van der Waals surface area contributed by atoms with Crippen molar-refractivity contribution in [3.8, 4) is 0 Å². The summed E-state index contributed by atoms with van der Waals surface area (Å²) in [6, 6.07) is 7.80. The molecule has 1 heterocycles. The Morgan fingerprint density at radius 1 is 1.40 bits per heavy atom. The third kappa shape index (κ3) is 4.05. The van der Waals surface area contributed by atoms with Crippen molar-refractivity contribution < 1.29 is 13.2 Å². The Morgan fingerprint density at radius 3 is 2.85 bits per heavy atom. The van der Waals surface area contributed by atoms with Gasteiger partial charge in [-0.2, -0.15) is 0 Å². The van der Waals surface area contributed by atoms with E-state index < -0.39 is 10.0 Å². The van der Waals surface area contributed by atoms with Gasteiger partial charge in [0.15, 0.2) is 0 Å². The molecular weight excluding hydrogens is 276 g/mol. The minimum Gasteiger partial charge on any atom is -0.354 e. The Hall–Kier alpha value is -1.40. The van der Waals surface area contributed by atoms with Crippen LogP contribution in [0.3, 0.4) is 0 Å². The lowest BCUT2D eigenvalue weighted by Crippen LogP contribution is -2.36. The zero-order valence-electron chi connectivity index (χ0n) is 11.6. The summed E-state index contributed by atoms with van der Waals surface area (Å²) in [5, 5.41) is 2.77. The van der Waals surface area contributed by atoms with Crippen LogP contribution in [-0.4, -0.2) is 44.0 Å². The third-order valence-corrected chi connectivity index (χ3v) is 5.29. The lowest BCUT2D eigenvalue weighted by Gasteiger charge is -2.14. The van der Waals surface area contributed by atoms with Gasteiger partial charge in [0.2, 0.25) is 15.9 Å². The van der Waals surface area contributed by atoms with E-state index in [1.807, 2.05) is 31.2 Å². The van der Waals surface area contributed by atoms with E-state index in [4.69, 9.17) is 0 Å². The number of nitrogens with zero attached hydrogens (tertiary/aromatic N) is 1. The van der Waals surface area contributed by atoms with Crippen LogP contribution < -0.4 is 5.32 Å². The van der Waals surface area contributed by atoms with Gasteiger partial charge in [-0.15, -0.1) is 0 Å². The summed E-state index contributed by atoms with van der Waals surface area (Å²) in [6.07, 6.45) is 1.01. The van der Waals surface area contributed by atoms with Crippen LogP contribution in [0.5, 0.6) is 0 Å². The number of sulfonamides is 1. The molecule has 0 atom stereocenters. The molecule has 2 rings (SSSR count). The SMILES string of the molecule is Cc1cccc(CC(=O)NCCN2CCCS2(=O)=O)c1. The number of carbonyl (C=O) groups excluding carboxylic acids is 1. The van der Waals surface area contributed by atoms with E-state index in [0.717, 1.165) is 11.1 Å². The molecule has 6 heteroatoms. The molecule has 0 aromatic heterocycles. The monoisotopic (exact) mass is 296 g/mol. The highest BCUT2D eigenvalue weighted by Crippen LogP contribution is 2.11. The Labute approximate surface area is 120 Å². The first-order valence-electron chi connectivity index (χ1n) is 6.77. The van der Waals surface area contributed by atoms with Crippen LogP contribution in [0.1, 0.15) is 17.5 Å². The number of rotatable bonds is 5. The first kappa shape index (κ1) is 15.0. The number of carbonyl (C=O) groups is 1. The molecule has 1 amide bonds. The second-order valence-electron chi connectivity index (χ2n) is 5.08. The molecule has 1 aromatic rings. The Morgan fingerprint density at radius 2 is 2.20 bits per heavy atom. The highest BCUT2D eigenvalue weighted by atomic mass is 32.2. The van der Waals surface area contributed by atoms with Crippen molar-refractivity contribution in [3.63, 3.8) is 0 Å². The van der Waals surface area contributed by atoms with Gasteiger partial charge in [0.1, 0.15) is 0 Å². The molecule has 110 valence electrons. The average Bonchev–Trinajstić information content (AvgIpc) is 2.69. The van der Waals surface area contributed by atoms with Crippen molar-refractivity contribution in [1.29, 1.82) is 0 Å². The highest BCUT2D eigenvalue weighted by Gasteiger charge is 2.27. The molecule has 1 saturated heterocycles. The van der Waals surface area contributed by atoms with E-state index in [9.17, 15) is 13.2 Å². The molecule has 0 unspecified atom stereocenters. The quantitative estimate of drug-likeness (QED) is 0.869. The van der Waals surface area contributed by atoms with Crippen molar-refractivity contribution in [2.45, 2.75) is 19.8 Å². The minimum absolute atomic E-state index is 0.0767. The fourth-order valence-electron chi connectivity index (χ4n) is 2.33. The Balaban J connectivity index is 1.76. The molecule has 1 aliphatic rings. The van der Waals surface area contributed by atoms with Gasteiger partial charge in [-0.05, 0) is 18.9 Å². The van der Waals surface area contributed by atoms with Crippen LogP contribution in [0.15, 0.2) is 24.3 Å². The van der Waals surface area contributed by atoms with Crippen molar-refractivity contribution in [3.05, 3.63) is 35.4 Å². The summed E-state index contributed by atoms with van der Waals surface area (Å²) in [5.41, 5.74) is 2.09. The smallest absolute Gasteiger partial charge is 0.224 e. The van der Waals surface area contributed by atoms with Gasteiger partial charge < -0.3 is 5.32 Å². The van der Waals surface area contributed by atoms with Crippen LogP contribution in [0.4, 0.5) is 0 Å². The Bertz CT molecular complexity index is 584. The molecule has 1 aromatic carbocycles. The zero-order chi connectivity index (χ0) is 14.6. The summed E-state index contributed by atoms with van der Waals surface area (Å²) >= 11 is 0. The number of benzene rings is 1. The van der Waals surface area contributed by atoms with Gasteiger partial charge in [-0.25, -0.2) is 12.7 Å². The summed E-state index contributed by atoms with van der Waals surface area (Å²) in [5.74, 6) is 0.150. The molecule has 5 nitrogen and oxygen atoms in total. The second kappa shape index (κ2) is 6.37. The molecule has 0 spiro atoms. The highest BCUT2D eigenvalue weighted by molar-refractivity contribution is 7.89. The van der Waals surface area contributed by atoms with E-state index >= 15 is 0 Å². The van der Waals surface area contributed by atoms with Crippen LogP contribution >= 0.6 is 0 Å². The molecule has 1 aliphatic heterocycles. The standard InChI is InChI=1S/C14H20N2O3S/c1-12-4-2-5-13(10-12)11-14(17)15-6-8-16-7-3-9-20(16,18)19/h2,4-5,10H,3,6-9,11H2,1H3,(H,15,17). The van der Waals surface area contributed by atoms with Crippen molar-refractivity contribution in [2.75, 3.05) is 25.4 Å². The van der Waals surface area contributed by atoms with Crippen molar-refractivity contribution >= 4 is 15.9 Å². The predicted octanol–water partition coefficient (Wildman–Crippen LogP) is 0.689. The van der Waals surface area contributed by atoms with E-state index in [1.54, 1.807) is 0 Å². The van der Waals surface area contributed by atoms with Gasteiger partial charge in [-0.1, -0.05) is 29.8 Å². The normalized spacial score (nSPS) is 18.1. The number of nitrogens with one attached hydrogen (secondary N) is 1. The summed E-state index contributed by atoms with van der Waals surface area (Å²) in [4.78, 5) is 11.8. The average molecular weight is 296 g/mol. The maximum atomic E-state index is 11.8. The van der Waals surface area contributed by atoms with Gasteiger partial charge in [0, 0.05) is 19.6 Å². The first-order chi connectivity index (χ1) is 9.47. The fraction of sp³-hybridized carbons (Fsp3) is 0.500. The van der Waals surface area contributed by atoms with Crippen molar-refractivity contribution in [1.82, 2.24) is 9.62 Å². The van der Waals surface area contributed by atoms with Gasteiger partial charge >= 0.3 is 0 Å². The van der Waals surface area contributed by atoms with Gasteiger partial charge in [-0.3, -0.25) is 4.79 Å². The number of hydrogen-bond donors (Lipinski definition) is 1. The van der Waals surface area contributed by atoms with Crippen LogP contribution in [-0.2, 0) is 21.2 Å². The van der Waals surface area contributed by atoms with E-state index in [1.165, 1.54) is 4.31 Å². The molecule has 0 bridgehead atoms. The maximum absolute atomic E-state index is 11.8. The molecule has 20 heavy (non-hydrogen) atoms. The van der Waals surface area contributed by atoms with Gasteiger partial charge in [0.05, 0.1) is 12.2 Å². The largest absolute Gasteiger partial charge is 0.354 e. The second-order valence-corrected chi connectivity index (χ2v) is 7.17. The lowest BCUT2D eigenvalue weighted by atomic mass is 10.1. The van der Waals surface area contributed by atoms with E-state index in [2.05, 4.69) is 5.32 Å². The summed E-state index contributed by atoms with van der Waals surface area (Å²) in [6.45, 7) is 3.28. The summed E-state index contributed by atoms with van der Waals surface area (Å²) < 4.78 is 24.6. The van der Waals surface area contributed by atoms with Crippen molar-refractivity contribution in [2.24, 2.45) is 0 Å². The summed E-state index contributed by atoms with van der Waals surface area (Å²) in [7, 11) is -3.07. The Kier molecular flexibility index (Phi) is 4.77. The molecule has 1 fully saturated rings. The van der Waals surface area contributed by atoms with E-state index in [0.29, 0.717) is 32.5 Å². The molecule has 0 radical (unpaired) electrons. The van der Waals surface area contributed by atoms with Crippen LogP contribution in [0.2, 0.25) is 0 Å². The number of hydrogen-bond acceptors (Lipinski definition) is 3. The van der Waals surface area contributed by atoms with Crippen LogP contribution in [0.25, 0.3) is 0 Å². The van der Waals surface area contributed by atoms with Crippen LogP contribution in [0, 0.1) is 6.92 Å². The molecule has 0 aliphatic carbocycles. The maximum Gasteiger partial charge on any atom is 0.224 e. The van der Waals surface area contributed by atoms with E-state index in [-0.39, 0.29) is 11.7 Å². The topological polar surface area (TPSA) is 66.5 Å². The third-order valence-electron chi connectivity index (χ3n) is 3.33. The lowest BCUT2D eigenvalue weighted by molar-refractivity contribution is -0.120. The number of aryl methyl sites for hydroxylation is 1. The number of amides is 1. The molecular formula is C14H20N2O3S. The zero-order valence-corrected chi connectivity index (χ0v) is 12.4. The minimum atomic E-state index is -3.07. The van der Waals surface area contributed by atoms with Gasteiger partial charge in [0.25, 0.3) is 0 Å². The molecule has 0 saturated carbocycles. The molecule has 1 N–H and O–H groups in total. The fourth-order valence-corrected chi connectivity index (χ4v) is 3.86. The first-order valence-corrected chi connectivity index (χ1v) is 8.38. The predicted molar refractivity (Wildman–Crippen MR) is 77.9 cm³/mol.